The summed E-state index contributed by atoms with van der Waals surface area (Å²) in [4.78, 5) is 21.7. The molecular formula is C24H27N3O3S. The summed E-state index contributed by atoms with van der Waals surface area (Å²) in [6.07, 6.45) is 3.44. The van der Waals surface area contributed by atoms with E-state index < -0.39 is 0 Å². The average Bonchev–Trinajstić information content (AvgIpc) is 3.27. The van der Waals surface area contributed by atoms with Gasteiger partial charge in [0.25, 0.3) is 0 Å². The van der Waals surface area contributed by atoms with Crippen LogP contribution in [0.25, 0.3) is 16.3 Å². The lowest BCUT2D eigenvalue weighted by Crippen LogP contribution is -2.48. The molecule has 1 fully saturated rings. The van der Waals surface area contributed by atoms with Gasteiger partial charge in [0.15, 0.2) is 16.6 Å². The first kappa shape index (κ1) is 21.2. The van der Waals surface area contributed by atoms with E-state index in [1.165, 1.54) is 15.8 Å². The minimum Gasteiger partial charge on any atom is -0.493 e. The first-order valence-corrected chi connectivity index (χ1v) is 11.1. The van der Waals surface area contributed by atoms with Crippen molar-refractivity contribution >= 4 is 38.7 Å². The van der Waals surface area contributed by atoms with E-state index in [-0.39, 0.29) is 5.91 Å². The van der Waals surface area contributed by atoms with Crippen LogP contribution in [0.4, 0.5) is 5.13 Å². The monoisotopic (exact) mass is 437 g/mol. The van der Waals surface area contributed by atoms with Crippen LogP contribution in [0.1, 0.15) is 16.7 Å². The predicted molar refractivity (Wildman–Crippen MR) is 126 cm³/mol. The summed E-state index contributed by atoms with van der Waals surface area (Å²) < 4.78 is 11.8. The second-order valence-corrected chi connectivity index (χ2v) is 8.61. The zero-order valence-electron chi connectivity index (χ0n) is 18.3. The molecule has 1 saturated heterocycles. The highest BCUT2D eigenvalue weighted by atomic mass is 32.1. The van der Waals surface area contributed by atoms with E-state index in [0.717, 1.165) is 29.3 Å². The maximum atomic E-state index is 12.7. The molecule has 0 aliphatic carbocycles. The van der Waals surface area contributed by atoms with Gasteiger partial charge in [0, 0.05) is 32.3 Å². The van der Waals surface area contributed by atoms with Crippen molar-refractivity contribution in [1.29, 1.82) is 0 Å². The molecule has 6 nitrogen and oxygen atoms in total. The highest BCUT2D eigenvalue weighted by Gasteiger charge is 2.22. The highest BCUT2D eigenvalue weighted by Crippen LogP contribution is 2.33. The summed E-state index contributed by atoms with van der Waals surface area (Å²) in [5.41, 5.74) is 4.46. The number of carbonyl (C=O) groups is 1. The number of benzene rings is 2. The lowest BCUT2D eigenvalue weighted by Gasteiger charge is -2.34. The number of methoxy groups -OCH3 is 2. The number of thiazole rings is 1. The van der Waals surface area contributed by atoms with Crippen LogP contribution in [0.3, 0.4) is 0 Å². The van der Waals surface area contributed by atoms with Gasteiger partial charge in [-0.2, -0.15) is 0 Å². The van der Waals surface area contributed by atoms with Gasteiger partial charge in [-0.05, 0) is 48.7 Å². The number of aromatic nitrogens is 1. The number of carbonyl (C=O) groups excluding carboxylic acids is 1. The minimum absolute atomic E-state index is 0.0189. The third-order valence-electron chi connectivity index (χ3n) is 5.62. The van der Waals surface area contributed by atoms with Crippen LogP contribution in [0.2, 0.25) is 0 Å². The maximum absolute atomic E-state index is 12.7. The van der Waals surface area contributed by atoms with Gasteiger partial charge in [0.05, 0.1) is 24.4 Å². The predicted octanol–water partition coefficient (Wildman–Crippen LogP) is 4.29. The summed E-state index contributed by atoms with van der Waals surface area (Å²) in [7, 11) is 3.21. The van der Waals surface area contributed by atoms with Crippen LogP contribution < -0.4 is 14.4 Å². The summed E-state index contributed by atoms with van der Waals surface area (Å²) in [6, 6.07) is 9.88. The van der Waals surface area contributed by atoms with E-state index in [1.54, 1.807) is 31.6 Å². The van der Waals surface area contributed by atoms with Crippen LogP contribution in [0.5, 0.6) is 11.5 Å². The fraction of sp³-hybridized carbons (Fsp3) is 0.333. The third-order valence-corrected chi connectivity index (χ3v) is 6.87. The zero-order chi connectivity index (χ0) is 22.0. The van der Waals surface area contributed by atoms with Crippen molar-refractivity contribution in [1.82, 2.24) is 9.88 Å². The summed E-state index contributed by atoms with van der Waals surface area (Å²) in [5, 5.41) is 1.04. The Hall–Kier alpha value is -3.06. The van der Waals surface area contributed by atoms with Crippen molar-refractivity contribution in [3.8, 4) is 11.5 Å². The number of hydrogen-bond donors (Lipinski definition) is 0. The number of rotatable bonds is 5. The van der Waals surface area contributed by atoms with Gasteiger partial charge < -0.3 is 19.3 Å². The second-order valence-electron chi connectivity index (χ2n) is 7.63. The van der Waals surface area contributed by atoms with Crippen molar-refractivity contribution in [3.05, 3.63) is 53.1 Å². The molecule has 2 heterocycles. The van der Waals surface area contributed by atoms with Crippen LogP contribution in [0.15, 0.2) is 36.4 Å². The number of anilines is 1. The minimum atomic E-state index is 0.0189. The van der Waals surface area contributed by atoms with Crippen LogP contribution in [-0.2, 0) is 4.79 Å². The third kappa shape index (κ3) is 4.37. The molecule has 31 heavy (non-hydrogen) atoms. The molecule has 1 aromatic heterocycles. The number of piperazine rings is 1. The zero-order valence-corrected chi connectivity index (χ0v) is 19.2. The topological polar surface area (TPSA) is 54.9 Å². The van der Waals surface area contributed by atoms with Gasteiger partial charge in [0.1, 0.15) is 0 Å². The Morgan fingerprint density at radius 1 is 1.00 bits per heavy atom. The molecular weight excluding hydrogens is 410 g/mol. The van der Waals surface area contributed by atoms with Crippen LogP contribution in [0, 0.1) is 13.8 Å². The van der Waals surface area contributed by atoms with Crippen molar-refractivity contribution in [2.45, 2.75) is 13.8 Å². The average molecular weight is 438 g/mol. The molecule has 1 aliphatic rings. The van der Waals surface area contributed by atoms with E-state index >= 15 is 0 Å². The Kier molecular flexibility index (Phi) is 6.13. The van der Waals surface area contributed by atoms with Crippen LogP contribution >= 0.6 is 11.3 Å². The van der Waals surface area contributed by atoms with Crippen molar-refractivity contribution in [2.75, 3.05) is 45.3 Å². The molecule has 162 valence electrons. The largest absolute Gasteiger partial charge is 0.493 e. The summed E-state index contributed by atoms with van der Waals surface area (Å²) in [5.74, 6) is 1.33. The fourth-order valence-electron chi connectivity index (χ4n) is 3.73. The Morgan fingerprint density at radius 3 is 2.39 bits per heavy atom. The molecule has 1 amide bonds. The standard InChI is InChI=1S/C24H27N3O3S/c1-16-5-6-17(2)23-22(16)25-24(31-23)27-13-11-26(12-14-27)21(28)10-8-18-7-9-19(29-3)20(15-18)30-4/h5-10,15H,11-14H2,1-4H3/b10-8-. The van der Waals surface area contributed by atoms with Gasteiger partial charge in [-0.3, -0.25) is 4.79 Å². The molecule has 0 saturated carbocycles. The first-order valence-electron chi connectivity index (χ1n) is 10.3. The van der Waals surface area contributed by atoms with Crippen molar-refractivity contribution in [3.63, 3.8) is 0 Å². The van der Waals surface area contributed by atoms with E-state index in [2.05, 4.69) is 30.9 Å². The lowest BCUT2D eigenvalue weighted by atomic mass is 10.1. The van der Waals surface area contributed by atoms with Gasteiger partial charge in [-0.25, -0.2) is 4.98 Å². The molecule has 3 aromatic rings. The SMILES string of the molecule is COc1ccc(/C=C\C(=O)N2CCN(c3nc4c(C)ccc(C)c4s3)CC2)cc1OC. The Labute approximate surface area is 186 Å². The number of aryl methyl sites for hydroxylation is 2. The molecule has 0 radical (unpaired) electrons. The molecule has 4 rings (SSSR count). The second kappa shape index (κ2) is 8.98. The molecule has 0 spiro atoms. The summed E-state index contributed by atoms with van der Waals surface area (Å²) >= 11 is 1.74. The van der Waals surface area contributed by atoms with Gasteiger partial charge >= 0.3 is 0 Å². The maximum Gasteiger partial charge on any atom is 0.246 e. The number of hydrogen-bond acceptors (Lipinski definition) is 6. The molecule has 1 aliphatic heterocycles. The number of ether oxygens (including phenoxy) is 2. The summed E-state index contributed by atoms with van der Waals surface area (Å²) in [6.45, 7) is 7.17. The molecule has 0 unspecified atom stereocenters. The first-order chi connectivity index (χ1) is 15.0. The number of nitrogens with zero attached hydrogens (tertiary/aromatic N) is 3. The van der Waals surface area contributed by atoms with Crippen molar-refractivity contribution in [2.24, 2.45) is 0 Å². The Bertz CT molecular complexity index is 1090. The Balaban J connectivity index is 1.40. The number of fused-ring (bicyclic) bond motifs is 1. The Morgan fingerprint density at radius 2 is 1.71 bits per heavy atom. The van der Waals surface area contributed by atoms with E-state index in [9.17, 15) is 4.79 Å². The molecule has 0 atom stereocenters. The van der Waals surface area contributed by atoms with Gasteiger partial charge in [0.2, 0.25) is 5.91 Å². The van der Waals surface area contributed by atoms with Gasteiger partial charge in [-0.15, -0.1) is 0 Å². The molecule has 2 aromatic carbocycles. The molecule has 0 bridgehead atoms. The van der Waals surface area contributed by atoms with E-state index in [0.29, 0.717) is 24.6 Å². The normalized spacial score (nSPS) is 14.5. The fourth-order valence-corrected chi connectivity index (χ4v) is 4.89. The highest BCUT2D eigenvalue weighted by molar-refractivity contribution is 7.22. The van der Waals surface area contributed by atoms with Gasteiger partial charge in [-0.1, -0.05) is 29.5 Å². The molecule has 0 N–H and O–H groups in total. The van der Waals surface area contributed by atoms with E-state index in [1.807, 2.05) is 29.2 Å². The quantitative estimate of drug-likeness (QED) is 0.558. The molecule has 7 heteroatoms. The smallest absolute Gasteiger partial charge is 0.246 e. The number of amides is 1. The lowest BCUT2D eigenvalue weighted by molar-refractivity contribution is -0.126. The van der Waals surface area contributed by atoms with Crippen LogP contribution in [-0.4, -0.2) is 56.2 Å². The van der Waals surface area contributed by atoms with Crippen molar-refractivity contribution < 1.29 is 14.3 Å². The van der Waals surface area contributed by atoms with E-state index in [4.69, 9.17) is 14.5 Å².